The van der Waals surface area contributed by atoms with Gasteiger partial charge in [0, 0.05) is 11.4 Å². The average Bonchev–Trinajstić information content (AvgIpc) is 2.70. The van der Waals surface area contributed by atoms with E-state index < -0.39 is 5.97 Å². The third-order valence-electron chi connectivity index (χ3n) is 2.50. The molecule has 0 aliphatic heterocycles. The predicted molar refractivity (Wildman–Crippen MR) is 70.4 cm³/mol. The molecule has 94 valence electrons. The lowest BCUT2D eigenvalue weighted by Gasteiger charge is -2.26. The van der Waals surface area contributed by atoms with E-state index >= 15 is 0 Å². The molecule has 1 aromatic rings. The lowest BCUT2D eigenvalue weighted by molar-refractivity contribution is -0.138. The highest BCUT2D eigenvalue weighted by atomic mass is 79.9. The molecule has 0 radical (unpaired) electrons. The minimum absolute atomic E-state index is 0.0859. The highest BCUT2D eigenvalue weighted by Gasteiger charge is 2.23. The molecule has 1 unspecified atom stereocenters. The van der Waals surface area contributed by atoms with Crippen LogP contribution in [0.3, 0.4) is 0 Å². The number of carboxylic acids is 1. The van der Waals surface area contributed by atoms with Gasteiger partial charge in [-0.1, -0.05) is 6.92 Å². The number of halogens is 1. The van der Waals surface area contributed by atoms with Crippen molar-refractivity contribution in [2.75, 3.05) is 6.54 Å². The van der Waals surface area contributed by atoms with Crippen molar-refractivity contribution in [2.24, 2.45) is 0 Å². The van der Waals surface area contributed by atoms with Crippen LogP contribution >= 0.6 is 27.3 Å². The maximum atomic E-state index is 12.1. The second-order valence-electron chi connectivity index (χ2n) is 3.72. The summed E-state index contributed by atoms with van der Waals surface area (Å²) in [5.41, 5.74) is 0.531. The summed E-state index contributed by atoms with van der Waals surface area (Å²) in [5.74, 6) is -1.23. The number of hydrogen-bond donors (Lipinski definition) is 1. The Morgan fingerprint density at radius 2 is 2.24 bits per heavy atom. The first-order valence-electron chi connectivity index (χ1n) is 5.22. The van der Waals surface area contributed by atoms with Gasteiger partial charge in [-0.15, -0.1) is 11.3 Å². The Hall–Kier alpha value is -0.880. The fourth-order valence-corrected chi connectivity index (χ4v) is 2.51. The van der Waals surface area contributed by atoms with Crippen molar-refractivity contribution in [1.82, 2.24) is 4.90 Å². The van der Waals surface area contributed by atoms with Crippen molar-refractivity contribution < 1.29 is 14.7 Å². The van der Waals surface area contributed by atoms with Gasteiger partial charge in [-0.3, -0.25) is 9.59 Å². The Morgan fingerprint density at radius 3 is 2.65 bits per heavy atom. The Kier molecular flexibility index (Phi) is 5.14. The van der Waals surface area contributed by atoms with Crippen molar-refractivity contribution in [1.29, 1.82) is 0 Å². The molecule has 1 N–H and O–H groups in total. The summed E-state index contributed by atoms with van der Waals surface area (Å²) in [5, 5.41) is 10.6. The maximum Gasteiger partial charge on any atom is 0.323 e. The van der Waals surface area contributed by atoms with Crippen LogP contribution in [0, 0.1) is 0 Å². The minimum Gasteiger partial charge on any atom is -0.480 e. The molecule has 0 fully saturated rings. The Bertz CT molecular complexity index is 419. The lowest BCUT2D eigenvalue weighted by Crippen LogP contribution is -2.41. The molecule has 4 nitrogen and oxygen atoms in total. The topological polar surface area (TPSA) is 57.6 Å². The number of carbonyl (C=O) groups is 2. The van der Waals surface area contributed by atoms with Crippen LogP contribution in [0.5, 0.6) is 0 Å². The Morgan fingerprint density at radius 1 is 1.59 bits per heavy atom. The molecule has 1 aromatic heterocycles. The molecule has 6 heteroatoms. The SMILES string of the molecule is CCC(C)N(CC(=O)O)C(=O)c1csc(Br)c1. The number of nitrogens with zero attached hydrogens (tertiary/aromatic N) is 1. The van der Waals surface area contributed by atoms with E-state index in [9.17, 15) is 9.59 Å². The van der Waals surface area contributed by atoms with Crippen LogP contribution in [-0.4, -0.2) is 34.5 Å². The van der Waals surface area contributed by atoms with E-state index in [0.717, 1.165) is 10.2 Å². The number of carboxylic acid groups (broad SMARTS) is 1. The first kappa shape index (κ1) is 14.2. The van der Waals surface area contributed by atoms with Gasteiger partial charge in [-0.25, -0.2) is 0 Å². The van der Waals surface area contributed by atoms with Gasteiger partial charge in [0.05, 0.1) is 9.35 Å². The fraction of sp³-hybridized carbons (Fsp3) is 0.455. The summed E-state index contributed by atoms with van der Waals surface area (Å²) in [7, 11) is 0. The quantitative estimate of drug-likeness (QED) is 0.907. The van der Waals surface area contributed by atoms with Gasteiger partial charge in [-0.05, 0) is 35.3 Å². The Balaban J connectivity index is 2.89. The highest BCUT2D eigenvalue weighted by Crippen LogP contribution is 2.22. The second kappa shape index (κ2) is 6.16. The third-order valence-corrected chi connectivity index (χ3v) is 4.01. The van der Waals surface area contributed by atoms with Crippen LogP contribution < -0.4 is 0 Å². The molecule has 0 saturated carbocycles. The van der Waals surface area contributed by atoms with Crippen molar-refractivity contribution in [3.8, 4) is 0 Å². The van der Waals surface area contributed by atoms with E-state index in [0.29, 0.717) is 5.56 Å². The first-order chi connectivity index (χ1) is 7.95. The summed E-state index contributed by atoms with van der Waals surface area (Å²) in [4.78, 5) is 24.3. The van der Waals surface area contributed by atoms with Gasteiger partial charge in [0.25, 0.3) is 5.91 Å². The molecule has 0 bridgehead atoms. The Labute approximate surface area is 112 Å². The van der Waals surface area contributed by atoms with Gasteiger partial charge in [0.1, 0.15) is 6.54 Å². The molecule has 17 heavy (non-hydrogen) atoms. The van der Waals surface area contributed by atoms with Crippen LogP contribution in [0.25, 0.3) is 0 Å². The smallest absolute Gasteiger partial charge is 0.323 e. The lowest BCUT2D eigenvalue weighted by atomic mass is 10.2. The van der Waals surface area contributed by atoms with Crippen LogP contribution in [0.2, 0.25) is 0 Å². The zero-order valence-electron chi connectivity index (χ0n) is 9.64. The average molecular weight is 320 g/mol. The molecule has 0 aliphatic rings. The molecule has 1 amide bonds. The van der Waals surface area contributed by atoms with Gasteiger partial charge in [-0.2, -0.15) is 0 Å². The third kappa shape index (κ3) is 3.81. The summed E-state index contributed by atoms with van der Waals surface area (Å²) >= 11 is 4.70. The molecule has 0 aliphatic carbocycles. The maximum absolute atomic E-state index is 12.1. The van der Waals surface area contributed by atoms with E-state index in [1.165, 1.54) is 16.2 Å². The largest absolute Gasteiger partial charge is 0.480 e. The standard InChI is InChI=1S/C11H14BrNO3S/c1-3-7(2)13(5-10(14)15)11(16)8-4-9(12)17-6-8/h4,6-7H,3,5H2,1-2H3,(H,14,15). The van der Waals surface area contributed by atoms with Crippen LogP contribution in [0.1, 0.15) is 30.6 Å². The van der Waals surface area contributed by atoms with Gasteiger partial charge in [0.15, 0.2) is 0 Å². The molecule has 0 saturated heterocycles. The number of thiophene rings is 1. The van der Waals surface area contributed by atoms with E-state index in [2.05, 4.69) is 15.9 Å². The molecule has 1 atom stereocenters. The van der Waals surface area contributed by atoms with Crippen LogP contribution in [-0.2, 0) is 4.79 Å². The zero-order valence-corrected chi connectivity index (χ0v) is 12.0. The van der Waals surface area contributed by atoms with Gasteiger partial charge >= 0.3 is 5.97 Å². The number of hydrogen-bond acceptors (Lipinski definition) is 3. The zero-order chi connectivity index (χ0) is 13.0. The van der Waals surface area contributed by atoms with Crippen LogP contribution in [0.15, 0.2) is 15.2 Å². The van der Waals surface area contributed by atoms with E-state index in [4.69, 9.17) is 5.11 Å². The van der Waals surface area contributed by atoms with Crippen molar-refractivity contribution in [2.45, 2.75) is 26.3 Å². The van der Waals surface area contributed by atoms with E-state index in [1.54, 1.807) is 11.4 Å². The summed E-state index contributed by atoms with van der Waals surface area (Å²) < 4.78 is 0.861. The molecule has 1 rings (SSSR count). The highest BCUT2D eigenvalue weighted by molar-refractivity contribution is 9.11. The van der Waals surface area contributed by atoms with E-state index in [-0.39, 0.29) is 18.5 Å². The first-order valence-corrected chi connectivity index (χ1v) is 6.89. The molecular weight excluding hydrogens is 306 g/mol. The normalized spacial score (nSPS) is 12.2. The molecular formula is C11H14BrNO3S. The monoisotopic (exact) mass is 319 g/mol. The van der Waals surface area contributed by atoms with Crippen molar-refractivity contribution >= 4 is 39.1 Å². The predicted octanol–water partition coefficient (Wildman–Crippen LogP) is 2.84. The number of carbonyl (C=O) groups excluding carboxylic acids is 1. The summed E-state index contributed by atoms with van der Waals surface area (Å²) in [6.45, 7) is 3.51. The molecule has 1 heterocycles. The molecule has 0 spiro atoms. The minimum atomic E-state index is -0.993. The van der Waals surface area contributed by atoms with E-state index in [1.807, 2.05) is 13.8 Å². The van der Waals surface area contributed by atoms with Gasteiger partial charge < -0.3 is 10.0 Å². The van der Waals surface area contributed by atoms with Crippen molar-refractivity contribution in [3.05, 3.63) is 20.8 Å². The van der Waals surface area contributed by atoms with Gasteiger partial charge in [0.2, 0.25) is 0 Å². The fourth-order valence-electron chi connectivity index (χ4n) is 1.38. The number of aliphatic carboxylic acids is 1. The number of rotatable bonds is 5. The molecule has 0 aromatic carbocycles. The number of amides is 1. The summed E-state index contributed by atoms with van der Waals surface area (Å²) in [6.07, 6.45) is 0.727. The van der Waals surface area contributed by atoms with Crippen molar-refractivity contribution in [3.63, 3.8) is 0 Å². The summed E-state index contributed by atoms with van der Waals surface area (Å²) in [6, 6.07) is 1.63. The van der Waals surface area contributed by atoms with Crippen LogP contribution in [0.4, 0.5) is 0 Å². The second-order valence-corrected chi connectivity index (χ2v) is 6.01.